The maximum Gasteiger partial charge on any atom is 0.231 e. The lowest BCUT2D eigenvalue weighted by Gasteiger charge is -2.17. The molecule has 0 aromatic heterocycles. The molecule has 25 heavy (non-hydrogen) atoms. The van der Waals surface area contributed by atoms with E-state index in [1.165, 1.54) is 0 Å². The standard InChI is InChI=1S/C20H18O5/c1-23-15-5-2-12(3-6-15)18-16(10-22)14(9-21)8-13-4-7-17-20(19(13)18)25-11-24-17/h2-8,21-22H,9-11H2,1H3. The van der Waals surface area contributed by atoms with Crippen molar-refractivity contribution in [1.29, 1.82) is 0 Å². The van der Waals surface area contributed by atoms with Crippen LogP contribution in [0.4, 0.5) is 0 Å². The fraction of sp³-hybridized carbons (Fsp3) is 0.200. The highest BCUT2D eigenvalue weighted by molar-refractivity contribution is 6.04. The quantitative estimate of drug-likeness (QED) is 0.764. The Bertz CT molecular complexity index is 931. The summed E-state index contributed by atoms with van der Waals surface area (Å²) in [6.45, 7) is -0.159. The molecule has 0 saturated heterocycles. The zero-order valence-electron chi connectivity index (χ0n) is 13.8. The van der Waals surface area contributed by atoms with E-state index < -0.39 is 0 Å². The van der Waals surface area contributed by atoms with Crippen molar-refractivity contribution < 1.29 is 24.4 Å². The lowest BCUT2D eigenvalue weighted by Crippen LogP contribution is -2.00. The van der Waals surface area contributed by atoms with Gasteiger partial charge in [-0.3, -0.25) is 0 Å². The van der Waals surface area contributed by atoms with Crippen LogP contribution < -0.4 is 14.2 Å². The first kappa shape index (κ1) is 15.7. The zero-order valence-corrected chi connectivity index (χ0v) is 13.8. The van der Waals surface area contributed by atoms with E-state index in [1.54, 1.807) is 7.11 Å². The average Bonchev–Trinajstić information content (AvgIpc) is 3.15. The Hall–Kier alpha value is -2.76. The number of methoxy groups -OCH3 is 1. The van der Waals surface area contributed by atoms with Gasteiger partial charge in [0.2, 0.25) is 6.79 Å². The van der Waals surface area contributed by atoms with Gasteiger partial charge in [-0.1, -0.05) is 18.2 Å². The second kappa shape index (κ2) is 6.27. The number of benzene rings is 3. The maximum atomic E-state index is 9.99. The van der Waals surface area contributed by atoms with E-state index in [1.807, 2.05) is 42.5 Å². The Morgan fingerprint density at radius 2 is 1.80 bits per heavy atom. The maximum absolute atomic E-state index is 9.99. The first-order chi connectivity index (χ1) is 12.3. The van der Waals surface area contributed by atoms with Gasteiger partial charge in [-0.25, -0.2) is 0 Å². The van der Waals surface area contributed by atoms with Gasteiger partial charge in [-0.05, 0) is 51.9 Å². The van der Waals surface area contributed by atoms with Crippen molar-refractivity contribution in [2.75, 3.05) is 13.9 Å². The van der Waals surface area contributed by atoms with Crippen LogP contribution in [0.2, 0.25) is 0 Å². The summed E-state index contributed by atoms with van der Waals surface area (Å²) in [5, 5.41) is 21.6. The summed E-state index contributed by atoms with van der Waals surface area (Å²) in [5.74, 6) is 2.10. The van der Waals surface area contributed by atoms with Crippen molar-refractivity contribution in [3.8, 4) is 28.4 Å². The second-order valence-electron chi connectivity index (χ2n) is 5.83. The van der Waals surface area contributed by atoms with Crippen LogP contribution in [-0.4, -0.2) is 24.1 Å². The van der Waals surface area contributed by atoms with Crippen molar-refractivity contribution >= 4 is 10.8 Å². The van der Waals surface area contributed by atoms with Crippen LogP contribution in [0.15, 0.2) is 42.5 Å². The first-order valence-corrected chi connectivity index (χ1v) is 8.00. The Kier molecular flexibility index (Phi) is 3.95. The van der Waals surface area contributed by atoms with Crippen LogP contribution in [0.1, 0.15) is 11.1 Å². The number of ether oxygens (including phenoxy) is 3. The summed E-state index contributed by atoms with van der Waals surface area (Å²) in [7, 11) is 1.62. The molecule has 4 rings (SSSR count). The summed E-state index contributed by atoms with van der Waals surface area (Å²) in [6.07, 6.45) is 0. The molecule has 0 radical (unpaired) electrons. The summed E-state index contributed by atoms with van der Waals surface area (Å²) >= 11 is 0. The van der Waals surface area contributed by atoms with E-state index in [0.29, 0.717) is 22.6 Å². The second-order valence-corrected chi connectivity index (χ2v) is 5.83. The van der Waals surface area contributed by atoms with Gasteiger partial charge in [0.25, 0.3) is 0 Å². The summed E-state index contributed by atoms with van der Waals surface area (Å²) in [6, 6.07) is 13.3. The van der Waals surface area contributed by atoms with Crippen molar-refractivity contribution in [2.45, 2.75) is 13.2 Å². The third kappa shape index (κ3) is 2.49. The van der Waals surface area contributed by atoms with Crippen LogP contribution in [0, 0.1) is 0 Å². The van der Waals surface area contributed by atoms with Gasteiger partial charge in [-0.15, -0.1) is 0 Å². The Balaban J connectivity index is 2.09. The number of aliphatic hydroxyl groups is 2. The van der Waals surface area contributed by atoms with Crippen molar-refractivity contribution in [3.63, 3.8) is 0 Å². The molecule has 128 valence electrons. The normalized spacial score (nSPS) is 12.6. The Labute approximate surface area is 145 Å². The highest BCUT2D eigenvalue weighted by Crippen LogP contribution is 2.46. The van der Waals surface area contributed by atoms with Gasteiger partial charge in [0, 0.05) is 5.39 Å². The van der Waals surface area contributed by atoms with Gasteiger partial charge in [0.15, 0.2) is 11.5 Å². The number of hydrogen-bond acceptors (Lipinski definition) is 5. The van der Waals surface area contributed by atoms with E-state index in [9.17, 15) is 10.2 Å². The van der Waals surface area contributed by atoms with Crippen molar-refractivity contribution in [1.82, 2.24) is 0 Å². The van der Waals surface area contributed by atoms with E-state index in [-0.39, 0.29) is 20.0 Å². The van der Waals surface area contributed by atoms with Crippen molar-refractivity contribution in [2.24, 2.45) is 0 Å². The first-order valence-electron chi connectivity index (χ1n) is 8.00. The number of fused-ring (bicyclic) bond motifs is 3. The summed E-state index contributed by atoms with van der Waals surface area (Å²) in [4.78, 5) is 0. The smallest absolute Gasteiger partial charge is 0.231 e. The van der Waals surface area contributed by atoms with E-state index >= 15 is 0 Å². The van der Waals surface area contributed by atoms with Crippen LogP contribution in [-0.2, 0) is 13.2 Å². The van der Waals surface area contributed by atoms with Crippen LogP contribution >= 0.6 is 0 Å². The predicted molar refractivity (Wildman–Crippen MR) is 93.9 cm³/mol. The molecule has 0 bridgehead atoms. The fourth-order valence-electron chi connectivity index (χ4n) is 3.35. The van der Waals surface area contributed by atoms with E-state index in [4.69, 9.17) is 14.2 Å². The predicted octanol–water partition coefficient (Wildman–Crippen LogP) is 3.23. The molecule has 1 aliphatic rings. The van der Waals surface area contributed by atoms with Crippen molar-refractivity contribution in [3.05, 3.63) is 53.6 Å². The van der Waals surface area contributed by atoms with Gasteiger partial charge in [0.1, 0.15) is 5.75 Å². The SMILES string of the molecule is COc1ccc(-c2c(CO)c(CO)cc3ccc4c(c23)OCO4)cc1. The molecule has 3 aromatic rings. The van der Waals surface area contributed by atoms with Crippen LogP contribution in [0.25, 0.3) is 21.9 Å². The lowest BCUT2D eigenvalue weighted by atomic mass is 9.89. The highest BCUT2D eigenvalue weighted by atomic mass is 16.7. The van der Waals surface area contributed by atoms with Gasteiger partial charge < -0.3 is 24.4 Å². The molecule has 0 spiro atoms. The van der Waals surface area contributed by atoms with Gasteiger partial charge >= 0.3 is 0 Å². The Morgan fingerprint density at radius 3 is 2.48 bits per heavy atom. The minimum absolute atomic E-state index is 0.149. The molecular formula is C20H18O5. The number of rotatable bonds is 4. The molecule has 0 aliphatic carbocycles. The average molecular weight is 338 g/mol. The summed E-state index contributed by atoms with van der Waals surface area (Å²) in [5.41, 5.74) is 3.13. The highest BCUT2D eigenvalue weighted by Gasteiger charge is 2.23. The zero-order chi connectivity index (χ0) is 17.4. The molecule has 0 atom stereocenters. The Morgan fingerprint density at radius 1 is 1.00 bits per heavy atom. The third-order valence-corrected chi connectivity index (χ3v) is 4.55. The minimum Gasteiger partial charge on any atom is -0.497 e. The molecule has 1 aliphatic heterocycles. The number of aliphatic hydroxyl groups excluding tert-OH is 2. The monoisotopic (exact) mass is 338 g/mol. The largest absolute Gasteiger partial charge is 0.497 e. The fourth-order valence-corrected chi connectivity index (χ4v) is 3.35. The minimum atomic E-state index is -0.183. The lowest BCUT2D eigenvalue weighted by molar-refractivity contribution is 0.175. The molecule has 1 heterocycles. The molecule has 5 nitrogen and oxygen atoms in total. The topological polar surface area (TPSA) is 68.2 Å². The van der Waals surface area contributed by atoms with Crippen LogP contribution in [0.5, 0.6) is 17.2 Å². The number of hydrogen-bond donors (Lipinski definition) is 2. The molecule has 2 N–H and O–H groups in total. The molecule has 3 aromatic carbocycles. The molecular weight excluding hydrogens is 320 g/mol. The molecule has 0 amide bonds. The van der Waals surface area contributed by atoms with Gasteiger partial charge in [0.05, 0.1) is 20.3 Å². The molecule has 5 heteroatoms. The summed E-state index contributed by atoms with van der Waals surface area (Å²) < 4.78 is 16.4. The van der Waals surface area contributed by atoms with Gasteiger partial charge in [-0.2, -0.15) is 0 Å². The molecule has 0 fully saturated rings. The third-order valence-electron chi connectivity index (χ3n) is 4.55. The van der Waals surface area contributed by atoms with Crippen LogP contribution in [0.3, 0.4) is 0 Å². The van der Waals surface area contributed by atoms with E-state index in [2.05, 4.69) is 0 Å². The molecule has 0 saturated carbocycles. The molecule has 0 unspecified atom stereocenters. The van der Waals surface area contributed by atoms with E-state index in [0.717, 1.165) is 27.6 Å².